The number of ether oxygens (including phenoxy) is 1. The lowest BCUT2D eigenvalue weighted by molar-refractivity contribution is 0.0218. The van der Waals surface area contributed by atoms with E-state index in [1.165, 1.54) is 0 Å². The van der Waals surface area contributed by atoms with Crippen LogP contribution in [0.3, 0.4) is 0 Å². The zero-order chi connectivity index (χ0) is 23.9. The zero-order valence-corrected chi connectivity index (χ0v) is 20.8. The van der Waals surface area contributed by atoms with E-state index in [-0.39, 0.29) is 12.1 Å². The van der Waals surface area contributed by atoms with E-state index in [1.807, 2.05) is 51.1 Å². The minimum atomic E-state index is -0.530. The average Bonchev–Trinajstić information content (AvgIpc) is 3.47. The van der Waals surface area contributed by atoms with Gasteiger partial charge in [-0.2, -0.15) is 0 Å². The van der Waals surface area contributed by atoms with E-state index in [4.69, 9.17) is 4.74 Å². The predicted octanol–water partition coefficient (Wildman–Crippen LogP) is 5.92. The van der Waals surface area contributed by atoms with Crippen molar-refractivity contribution in [3.63, 3.8) is 0 Å². The number of benzene rings is 1. The van der Waals surface area contributed by atoms with Gasteiger partial charge in [0.15, 0.2) is 0 Å². The minimum Gasteiger partial charge on any atom is -0.444 e. The predicted molar refractivity (Wildman–Crippen MR) is 133 cm³/mol. The van der Waals surface area contributed by atoms with Crippen LogP contribution in [0.1, 0.15) is 45.5 Å². The number of carbonyl (C=O) groups excluding carboxylic acids is 1. The maximum atomic E-state index is 12.6. The second-order valence-electron chi connectivity index (χ2n) is 9.33. The summed E-state index contributed by atoms with van der Waals surface area (Å²) in [7, 11) is 0. The fraction of sp³-hybridized carbons (Fsp3) is 0.320. The molecule has 3 aromatic heterocycles. The van der Waals surface area contributed by atoms with Crippen molar-refractivity contribution in [3.05, 3.63) is 59.2 Å². The number of likely N-dealkylation sites (tertiary alicyclic amines) is 1. The number of aromatic nitrogens is 5. The lowest BCUT2D eigenvalue weighted by Crippen LogP contribution is -2.36. The van der Waals surface area contributed by atoms with Gasteiger partial charge in [0.2, 0.25) is 0 Å². The Balaban J connectivity index is 1.34. The lowest BCUT2D eigenvalue weighted by atomic mass is 10.2. The molecule has 1 aromatic carbocycles. The molecule has 174 valence electrons. The smallest absolute Gasteiger partial charge is 0.410 e. The molecule has 9 heteroatoms. The zero-order valence-electron chi connectivity index (χ0n) is 19.2. The van der Waals surface area contributed by atoms with Gasteiger partial charge in [0, 0.05) is 22.8 Å². The molecule has 1 fully saturated rings. The van der Waals surface area contributed by atoms with E-state index >= 15 is 0 Å². The molecule has 1 aliphatic heterocycles. The van der Waals surface area contributed by atoms with Gasteiger partial charge in [-0.15, -0.1) is 0 Å². The number of hydrogen-bond acceptors (Lipinski definition) is 6. The molecule has 0 bridgehead atoms. The number of fused-ring (bicyclic) bond motifs is 1. The highest BCUT2D eigenvalue weighted by Crippen LogP contribution is 2.33. The third-order valence-corrected chi connectivity index (χ3v) is 6.13. The summed E-state index contributed by atoms with van der Waals surface area (Å²) in [5, 5.41) is 0. The van der Waals surface area contributed by atoms with E-state index in [0.29, 0.717) is 12.2 Å². The second kappa shape index (κ2) is 8.79. The normalized spacial score (nSPS) is 16.2. The van der Waals surface area contributed by atoms with Gasteiger partial charge in [0.05, 0.1) is 40.9 Å². The van der Waals surface area contributed by atoms with Crippen molar-refractivity contribution < 1.29 is 9.53 Å². The molecule has 1 N–H and O–H groups in total. The molecule has 8 nitrogen and oxygen atoms in total. The lowest BCUT2D eigenvalue weighted by Gasteiger charge is -2.27. The first-order valence-electron chi connectivity index (χ1n) is 11.2. The SMILES string of the molecule is CC(C)(C)OC(=O)N1CCCC1c1ncc(-c2ccc(-c3cnc4cc(Br)ccc4n3)nc2)[nH]1. The van der Waals surface area contributed by atoms with Crippen molar-refractivity contribution in [1.29, 1.82) is 0 Å². The maximum absolute atomic E-state index is 12.6. The molecule has 4 aromatic rings. The molecular formula is C25H25BrN6O2. The first kappa shape index (κ1) is 22.5. The standard InChI is InChI=1S/C25H25BrN6O2/c1-25(2,3)34-24(33)32-10-4-5-22(32)23-29-13-20(31-23)15-6-8-17(27-12-15)21-14-28-19-11-16(26)7-9-18(19)30-21/h6-9,11-14,22H,4-5,10H2,1-3H3,(H,29,31). The average molecular weight is 521 g/mol. The minimum absolute atomic E-state index is 0.122. The van der Waals surface area contributed by atoms with E-state index in [0.717, 1.165) is 51.1 Å². The molecule has 0 radical (unpaired) electrons. The van der Waals surface area contributed by atoms with Crippen LogP contribution < -0.4 is 0 Å². The number of rotatable bonds is 3. The fourth-order valence-corrected chi connectivity index (χ4v) is 4.40. The molecule has 34 heavy (non-hydrogen) atoms. The monoisotopic (exact) mass is 520 g/mol. The molecule has 1 atom stereocenters. The molecule has 1 amide bonds. The van der Waals surface area contributed by atoms with Gasteiger partial charge in [-0.3, -0.25) is 14.9 Å². The van der Waals surface area contributed by atoms with Gasteiger partial charge in [0.1, 0.15) is 17.1 Å². The number of nitrogens with one attached hydrogen (secondary N) is 1. The summed E-state index contributed by atoms with van der Waals surface area (Å²) in [4.78, 5) is 36.1. The molecule has 5 rings (SSSR count). The summed E-state index contributed by atoms with van der Waals surface area (Å²) in [5.74, 6) is 0.758. The summed E-state index contributed by atoms with van der Waals surface area (Å²) < 4.78 is 6.54. The summed E-state index contributed by atoms with van der Waals surface area (Å²) in [6.45, 7) is 6.29. The molecule has 1 aliphatic rings. The highest BCUT2D eigenvalue weighted by molar-refractivity contribution is 9.10. The highest BCUT2D eigenvalue weighted by Gasteiger charge is 2.34. The highest BCUT2D eigenvalue weighted by atomic mass is 79.9. The molecule has 0 spiro atoms. The van der Waals surface area contributed by atoms with Crippen LogP contribution in [-0.2, 0) is 4.74 Å². The molecular weight excluding hydrogens is 496 g/mol. The molecule has 0 aliphatic carbocycles. The summed E-state index contributed by atoms with van der Waals surface area (Å²) in [6, 6.07) is 9.60. The van der Waals surface area contributed by atoms with Crippen LogP contribution in [0, 0.1) is 0 Å². The molecule has 4 heterocycles. The van der Waals surface area contributed by atoms with Gasteiger partial charge in [-0.1, -0.05) is 15.9 Å². The Bertz CT molecular complexity index is 1350. The Morgan fingerprint density at radius 2 is 1.91 bits per heavy atom. The van der Waals surface area contributed by atoms with Crippen molar-refractivity contribution in [3.8, 4) is 22.6 Å². The van der Waals surface area contributed by atoms with E-state index in [2.05, 4.69) is 40.8 Å². The summed E-state index contributed by atoms with van der Waals surface area (Å²) in [6.07, 6.45) is 6.77. The first-order valence-corrected chi connectivity index (χ1v) is 12.0. The third kappa shape index (κ3) is 4.65. The fourth-order valence-electron chi connectivity index (χ4n) is 4.05. The van der Waals surface area contributed by atoms with Crippen LogP contribution >= 0.6 is 15.9 Å². The number of pyridine rings is 1. The Hall–Kier alpha value is -3.33. The molecule has 0 saturated carbocycles. The Labute approximate surface area is 205 Å². The number of aromatic amines is 1. The van der Waals surface area contributed by atoms with Crippen LogP contribution in [0.25, 0.3) is 33.7 Å². The number of carbonyl (C=O) groups is 1. The second-order valence-corrected chi connectivity index (χ2v) is 10.2. The van der Waals surface area contributed by atoms with Gasteiger partial charge in [0.25, 0.3) is 0 Å². The summed E-state index contributed by atoms with van der Waals surface area (Å²) in [5.41, 5.74) is 4.32. The number of nitrogens with zero attached hydrogens (tertiary/aromatic N) is 5. The topological polar surface area (TPSA) is 96.9 Å². The number of hydrogen-bond donors (Lipinski definition) is 1. The van der Waals surface area contributed by atoms with Crippen LogP contribution in [0.5, 0.6) is 0 Å². The van der Waals surface area contributed by atoms with Crippen LogP contribution in [0.15, 0.2) is 53.4 Å². The van der Waals surface area contributed by atoms with Crippen molar-refractivity contribution in [2.75, 3.05) is 6.54 Å². The van der Waals surface area contributed by atoms with Crippen molar-refractivity contribution >= 4 is 33.1 Å². The van der Waals surface area contributed by atoms with E-state index < -0.39 is 5.60 Å². The van der Waals surface area contributed by atoms with Crippen LogP contribution in [-0.4, -0.2) is 48.1 Å². The van der Waals surface area contributed by atoms with Gasteiger partial charge < -0.3 is 9.72 Å². The van der Waals surface area contributed by atoms with E-state index in [9.17, 15) is 4.79 Å². The Morgan fingerprint density at radius 1 is 1.06 bits per heavy atom. The van der Waals surface area contributed by atoms with Crippen molar-refractivity contribution in [2.45, 2.75) is 45.3 Å². The molecule has 1 saturated heterocycles. The third-order valence-electron chi connectivity index (χ3n) is 5.63. The number of H-pyrrole nitrogens is 1. The van der Waals surface area contributed by atoms with Gasteiger partial charge in [-0.05, 0) is 63.9 Å². The number of imidazole rings is 1. The maximum Gasteiger partial charge on any atom is 0.410 e. The van der Waals surface area contributed by atoms with E-state index in [1.54, 1.807) is 23.5 Å². The van der Waals surface area contributed by atoms with Crippen LogP contribution in [0.4, 0.5) is 4.79 Å². The summed E-state index contributed by atoms with van der Waals surface area (Å²) >= 11 is 3.46. The van der Waals surface area contributed by atoms with Gasteiger partial charge in [-0.25, -0.2) is 14.8 Å². The number of amides is 1. The molecule has 1 unspecified atom stereocenters. The quantitative estimate of drug-likeness (QED) is 0.360. The Morgan fingerprint density at radius 3 is 2.68 bits per heavy atom. The van der Waals surface area contributed by atoms with Crippen molar-refractivity contribution in [1.82, 2.24) is 29.8 Å². The van der Waals surface area contributed by atoms with Gasteiger partial charge >= 0.3 is 6.09 Å². The first-order chi connectivity index (χ1) is 16.3. The van der Waals surface area contributed by atoms with Crippen LogP contribution in [0.2, 0.25) is 0 Å². The Kier molecular flexibility index (Phi) is 5.81. The largest absolute Gasteiger partial charge is 0.444 e. The van der Waals surface area contributed by atoms with Crippen molar-refractivity contribution in [2.24, 2.45) is 0 Å². The number of halogens is 1.